The standard InChI is InChI=1S/C20H19ClFN3O3/c1-11(25(2)20(27)24-12-4-7-18(22)17(21)8-12)16-10-23-19(26)15-9-13(28-3)5-6-14(15)16/h4-11H,1-3H3,(H,23,26)(H,24,27)/t11-/m1/s1. The molecular weight excluding hydrogens is 385 g/mol. The number of urea groups is 1. The number of halogens is 2. The van der Waals surface area contributed by atoms with Crippen LogP contribution in [0, 0.1) is 5.82 Å². The van der Waals surface area contributed by atoms with Crippen molar-refractivity contribution in [3.8, 4) is 5.75 Å². The number of aromatic nitrogens is 1. The summed E-state index contributed by atoms with van der Waals surface area (Å²) >= 11 is 5.76. The van der Waals surface area contributed by atoms with Gasteiger partial charge in [0.25, 0.3) is 5.56 Å². The highest BCUT2D eigenvalue weighted by molar-refractivity contribution is 6.31. The molecule has 0 saturated carbocycles. The number of methoxy groups -OCH3 is 1. The van der Waals surface area contributed by atoms with Gasteiger partial charge in [0.05, 0.1) is 23.6 Å². The third kappa shape index (κ3) is 3.80. The maximum absolute atomic E-state index is 13.3. The van der Waals surface area contributed by atoms with Gasteiger partial charge in [0.1, 0.15) is 11.6 Å². The molecule has 0 saturated heterocycles. The van der Waals surface area contributed by atoms with Crippen LogP contribution in [0.5, 0.6) is 5.75 Å². The van der Waals surface area contributed by atoms with Gasteiger partial charge in [0.15, 0.2) is 0 Å². The first-order valence-corrected chi connectivity index (χ1v) is 8.88. The number of hydrogen-bond donors (Lipinski definition) is 2. The number of fused-ring (bicyclic) bond motifs is 1. The number of aromatic amines is 1. The number of carbonyl (C=O) groups excluding carboxylic acids is 1. The summed E-state index contributed by atoms with van der Waals surface area (Å²) in [6, 6.07) is 8.41. The van der Waals surface area contributed by atoms with E-state index in [0.717, 1.165) is 10.9 Å². The highest BCUT2D eigenvalue weighted by Crippen LogP contribution is 2.28. The van der Waals surface area contributed by atoms with Crippen molar-refractivity contribution >= 4 is 34.1 Å². The van der Waals surface area contributed by atoms with E-state index in [2.05, 4.69) is 10.3 Å². The summed E-state index contributed by atoms with van der Waals surface area (Å²) in [5.41, 5.74) is 0.913. The minimum atomic E-state index is -0.559. The lowest BCUT2D eigenvalue weighted by Gasteiger charge is -2.26. The van der Waals surface area contributed by atoms with Crippen molar-refractivity contribution in [3.63, 3.8) is 0 Å². The second kappa shape index (κ2) is 7.90. The van der Waals surface area contributed by atoms with Gasteiger partial charge in [-0.25, -0.2) is 9.18 Å². The van der Waals surface area contributed by atoms with Crippen LogP contribution < -0.4 is 15.6 Å². The molecule has 6 nitrogen and oxygen atoms in total. The van der Waals surface area contributed by atoms with Crippen LogP contribution >= 0.6 is 11.6 Å². The van der Waals surface area contributed by atoms with Gasteiger partial charge in [-0.05, 0) is 48.2 Å². The first-order valence-electron chi connectivity index (χ1n) is 8.50. The Morgan fingerprint density at radius 2 is 2.00 bits per heavy atom. The third-order valence-electron chi connectivity index (χ3n) is 4.66. The molecule has 0 spiro atoms. The van der Waals surface area contributed by atoms with Crippen LogP contribution in [0.4, 0.5) is 14.9 Å². The summed E-state index contributed by atoms with van der Waals surface area (Å²) in [4.78, 5) is 29.0. The molecule has 0 bridgehead atoms. The number of nitrogens with one attached hydrogen (secondary N) is 2. The molecule has 0 radical (unpaired) electrons. The first kappa shape index (κ1) is 19.7. The molecular formula is C20H19ClFN3O3. The largest absolute Gasteiger partial charge is 0.497 e. The number of carbonyl (C=O) groups is 1. The lowest BCUT2D eigenvalue weighted by molar-refractivity contribution is 0.208. The molecule has 2 aromatic carbocycles. The number of benzene rings is 2. The Labute approximate surface area is 165 Å². The van der Waals surface area contributed by atoms with Gasteiger partial charge in [-0.2, -0.15) is 0 Å². The molecule has 2 amide bonds. The van der Waals surface area contributed by atoms with Crippen molar-refractivity contribution in [1.29, 1.82) is 0 Å². The quantitative estimate of drug-likeness (QED) is 0.670. The van der Waals surface area contributed by atoms with Crippen LogP contribution in [0.25, 0.3) is 10.8 Å². The molecule has 3 aromatic rings. The minimum Gasteiger partial charge on any atom is -0.497 e. The fourth-order valence-electron chi connectivity index (χ4n) is 2.90. The van der Waals surface area contributed by atoms with E-state index >= 15 is 0 Å². The summed E-state index contributed by atoms with van der Waals surface area (Å²) in [6.07, 6.45) is 1.60. The summed E-state index contributed by atoms with van der Waals surface area (Å²) in [5.74, 6) is 0.0126. The summed E-state index contributed by atoms with van der Waals surface area (Å²) in [6.45, 7) is 1.84. The molecule has 0 aliphatic carbocycles. The van der Waals surface area contributed by atoms with Gasteiger partial charge in [0.2, 0.25) is 0 Å². The highest BCUT2D eigenvalue weighted by Gasteiger charge is 2.21. The Bertz CT molecular complexity index is 1100. The number of hydrogen-bond acceptors (Lipinski definition) is 3. The molecule has 0 unspecified atom stereocenters. The van der Waals surface area contributed by atoms with Crippen molar-refractivity contribution in [2.45, 2.75) is 13.0 Å². The lowest BCUT2D eigenvalue weighted by atomic mass is 10.0. The maximum atomic E-state index is 13.3. The second-order valence-electron chi connectivity index (χ2n) is 6.33. The number of rotatable bonds is 4. The molecule has 1 atom stereocenters. The zero-order chi connectivity index (χ0) is 20.4. The van der Waals surface area contributed by atoms with Crippen LogP contribution in [0.2, 0.25) is 5.02 Å². The zero-order valence-electron chi connectivity index (χ0n) is 15.5. The maximum Gasteiger partial charge on any atom is 0.322 e. The van der Waals surface area contributed by atoms with Crippen molar-refractivity contribution in [3.05, 3.63) is 69.4 Å². The van der Waals surface area contributed by atoms with E-state index in [9.17, 15) is 14.0 Å². The number of nitrogens with zero attached hydrogens (tertiary/aromatic N) is 1. The average Bonchev–Trinajstić information content (AvgIpc) is 2.69. The molecule has 0 aliphatic heterocycles. The lowest BCUT2D eigenvalue weighted by Crippen LogP contribution is -2.34. The van der Waals surface area contributed by atoms with Gasteiger partial charge < -0.3 is 19.9 Å². The second-order valence-corrected chi connectivity index (χ2v) is 6.74. The SMILES string of the molecule is COc1ccc2c([C@@H](C)N(C)C(=O)Nc3ccc(F)c(Cl)c3)c[nH]c(=O)c2c1. The Morgan fingerprint density at radius 1 is 1.25 bits per heavy atom. The van der Waals surface area contributed by atoms with Crippen LogP contribution in [0.1, 0.15) is 18.5 Å². The molecule has 3 rings (SSSR count). The van der Waals surface area contributed by atoms with E-state index in [1.165, 1.54) is 30.2 Å². The van der Waals surface area contributed by atoms with E-state index in [-0.39, 0.29) is 16.6 Å². The summed E-state index contributed by atoms with van der Waals surface area (Å²) < 4.78 is 18.5. The van der Waals surface area contributed by atoms with E-state index in [1.54, 1.807) is 31.4 Å². The Balaban J connectivity index is 1.89. The summed E-state index contributed by atoms with van der Waals surface area (Å²) in [5, 5.41) is 3.81. The van der Waals surface area contributed by atoms with E-state index < -0.39 is 11.8 Å². The fourth-order valence-corrected chi connectivity index (χ4v) is 3.08. The predicted octanol–water partition coefficient (Wildman–Crippen LogP) is 4.55. The Morgan fingerprint density at radius 3 is 2.68 bits per heavy atom. The van der Waals surface area contributed by atoms with Crippen molar-refractivity contribution in [2.24, 2.45) is 0 Å². The first-order chi connectivity index (χ1) is 13.3. The molecule has 146 valence electrons. The van der Waals surface area contributed by atoms with Gasteiger partial charge in [-0.15, -0.1) is 0 Å². The van der Waals surface area contributed by atoms with E-state index in [1.807, 2.05) is 6.92 Å². The number of H-pyrrole nitrogens is 1. The molecule has 0 aliphatic rings. The third-order valence-corrected chi connectivity index (χ3v) is 4.95. The van der Waals surface area contributed by atoms with E-state index in [0.29, 0.717) is 16.8 Å². The number of ether oxygens (including phenoxy) is 1. The minimum absolute atomic E-state index is 0.0749. The van der Waals surface area contributed by atoms with Crippen LogP contribution in [-0.2, 0) is 0 Å². The predicted molar refractivity (Wildman–Crippen MR) is 108 cm³/mol. The average molecular weight is 404 g/mol. The van der Waals surface area contributed by atoms with Crippen molar-refractivity contribution < 1.29 is 13.9 Å². The van der Waals surface area contributed by atoms with Crippen LogP contribution in [0.15, 0.2) is 47.4 Å². The van der Waals surface area contributed by atoms with Crippen molar-refractivity contribution in [1.82, 2.24) is 9.88 Å². The molecule has 0 fully saturated rings. The van der Waals surface area contributed by atoms with E-state index in [4.69, 9.17) is 16.3 Å². The Kier molecular flexibility index (Phi) is 5.56. The van der Waals surface area contributed by atoms with Crippen LogP contribution in [0.3, 0.4) is 0 Å². The number of amides is 2. The fraction of sp³-hybridized carbons (Fsp3) is 0.200. The summed E-state index contributed by atoms with van der Waals surface area (Å²) in [7, 11) is 3.16. The highest BCUT2D eigenvalue weighted by atomic mass is 35.5. The van der Waals surface area contributed by atoms with Gasteiger partial charge in [-0.1, -0.05) is 17.7 Å². The van der Waals surface area contributed by atoms with Gasteiger partial charge >= 0.3 is 6.03 Å². The van der Waals surface area contributed by atoms with Crippen molar-refractivity contribution in [2.75, 3.05) is 19.5 Å². The van der Waals surface area contributed by atoms with Gasteiger partial charge in [-0.3, -0.25) is 4.79 Å². The number of pyridine rings is 1. The molecule has 28 heavy (non-hydrogen) atoms. The normalized spacial score (nSPS) is 11.9. The number of anilines is 1. The van der Waals surface area contributed by atoms with Gasteiger partial charge in [0, 0.05) is 18.9 Å². The molecule has 8 heteroatoms. The smallest absolute Gasteiger partial charge is 0.322 e. The molecule has 1 aromatic heterocycles. The zero-order valence-corrected chi connectivity index (χ0v) is 16.3. The van der Waals surface area contributed by atoms with Crippen LogP contribution in [-0.4, -0.2) is 30.1 Å². The monoisotopic (exact) mass is 403 g/mol. The topological polar surface area (TPSA) is 74.4 Å². The molecule has 1 heterocycles. The molecule has 2 N–H and O–H groups in total. The Hall–Kier alpha value is -3.06.